The average molecular weight is 495 g/mol. The number of ether oxygens (including phenoxy) is 3. The van der Waals surface area contributed by atoms with Gasteiger partial charge in [0.05, 0.1) is 19.8 Å². The summed E-state index contributed by atoms with van der Waals surface area (Å²) in [5, 5.41) is 0.723. The number of ketones is 1. The molecule has 0 saturated carbocycles. The number of benzene rings is 3. The normalized spacial score (nSPS) is 10.7. The molecule has 0 amide bonds. The van der Waals surface area contributed by atoms with Gasteiger partial charge in [-0.3, -0.25) is 4.79 Å². The summed E-state index contributed by atoms with van der Waals surface area (Å²) < 4.78 is 22.6. The van der Waals surface area contributed by atoms with Crippen LogP contribution in [0.25, 0.3) is 22.1 Å². The molecular weight excluding hydrogens is 476 g/mol. The number of carbonyl (C=O) groups excluding carboxylic acids is 1. The summed E-state index contributed by atoms with van der Waals surface area (Å²) in [7, 11) is 3.08. The average Bonchev–Trinajstić information content (AvgIpc) is 2.82. The molecule has 0 aliphatic heterocycles. The maximum Gasteiger partial charge on any atom is 0.344 e. The summed E-state index contributed by atoms with van der Waals surface area (Å²) in [6.45, 7) is -0.124. The lowest BCUT2D eigenvalue weighted by Gasteiger charge is -2.10. The number of fused-ring (bicyclic) bond motifs is 1. The first-order valence-electron chi connectivity index (χ1n) is 9.70. The van der Waals surface area contributed by atoms with Gasteiger partial charge in [0.1, 0.15) is 11.3 Å². The molecule has 162 valence electrons. The van der Waals surface area contributed by atoms with Gasteiger partial charge < -0.3 is 18.6 Å². The summed E-state index contributed by atoms with van der Waals surface area (Å²) in [5.74, 6) is 1.37. The van der Waals surface area contributed by atoms with Gasteiger partial charge in [0.25, 0.3) is 0 Å². The minimum atomic E-state index is -0.493. The fourth-order valence-corrected chi connectivity index (χ4v) is 3.52. The first kappa shape index (κ1) is 21.6. The van der Waals surface area contributed by atoms with Gasteiger partial charge in [-0.2, -0.15) is 0 Å². The van der Waals surface area contributed by atoms with E-state index in [9.17, 15) is 9.59 Å². The fraction of sp³-hybridized carbons (Fsp3) is 0.120. The van der Waals surface area contributed by atoms with E-state index in [4.69, 9.17) is 18.6 Å². The number of rotatable bonds is 7. The fourth-order valence-electron chi connectivity index (χ4n) is 3.25. The van der Waals surface area contributed by atoms with E-state index in [-0.39, 0.29) is 12.4 Å². The van der Waals surface area contributed by atoms with Crippen molar-refractivity contribution in [3.05, 3.63) is 87.2 Å². The highest BCUT2D eigenvalue weighted by atomic mass is 79.9. The minimum Gasteiger partial charge on any atom is -0.493 e. The molecule has 0 aliphatic carbocycles. The van der Waals surface area contributed by atoms with E-state index in [1.807, 2.05) is 0 Å². The van der Waals surface area contributed by atoms with Gasteiger partial charge in [-0.15, -0.1) is 0 Å². The van der Waals surface area contributed by atoms with Crippen molar-refractivity contribution in [2.75, 3.05) is 20.8 Å². The second-order valence-corrected chi connectivity index (χ2v) is 7.85. The topological polar surface area (TPSA) is 75.0 Å². The van der Waals surface area contributed by atoms with Crippen LogP contribution in [-0.4, -0.2) is 26.6 Å². The molecule has 0 atom stereocenters. The second-order valence-electron chi connectivity index (χ2n) is 6.94. The third kappa shape index (κ3) is 4.53. The third-order valence-electron chi connectivity index (χ3n) is 4.94. The molecule has 0 N–H and O–H groups in total. The minimum absolute atomic E-state index is 0.124. The Bertz CT molecular complexity index is 1340. The van der Waals surface area contributed by atoms with Crippen LogP contribution >= 0.6 is 15.9 Å². The maximum atomic E-state index is 12.6. The van der Waals surface area contributed by atoms with Crippen molar-refractivity contribution in [3.63, 3.8) is 0 Å². The van der Waals surface area contributed by atoms with E-state index in [0.29, 0.717) is 39.5 Å². The third-order valence-corrected chi connectivity index (χ3v) is 5.47. The van der Waals surface area contributed by atoms with Gasteiger partial charge >= 0.3 is 5.63 Å². The number of carbonyl (C=O) groups is 1. The molecule has 1 aromatic heterocycles. The van der Waals surface area contributed by atoms with Crippen LogP contribution in [0.5, 0.6) is 17.2 Å². The molecule has 7 heteroatoms. The van der Waals surface area contributed by atoms with Crippen molar-refractivity contribution >= 4 is 32.7 Å². The zero-order valence-electron chi connectivity index (χ0n) is 17.4. The summed E-state index contributed by atoms with van der Waals surface area (Å²) in [5.41, 5.74) is 1.48. The van der Waals surface area contributed by atoms with E-state index >= 15 is 0 Å². The zero-order chi connectivity index (χ0) is 22.7. The van der Waals surface area contributed by atoms with Gasteiger partial charge in [0, 0.05) is 21.5 Å². The monoisotopic (exact) mass is 494 g/mol. The quantitative estimate of drug-likeness (QED) is 0.249. The lowest BCUT2D eigenvalue weighted by molar-refractivity contribution is 0.0921. The summed E-state index contributed by atoms with van der Waals surface area (Å²) >= 11 is 3.34. The van der Waals surface area contributed by atoms with Crippen molar-refractivity contribution in [3.8, 4) is 28.4 Å². The SMILES string of the molecule is COc1ccc(-c2cc3ccc(OCC(=O)c4ccc(Br)cc4)cc3oc2=O)cc1OC. The molecule has 32 heavy (non-hydrogen) atoms. The first-order chi connectivity index (χ1) is 15.5. The van der Waals surface area contributed by atoms with Gasteiger partial charge in [-0.1, -0.05) is 34.1 Å². The Balaban J connectivity index is 1.57. The van der Waals surface area contributed by atoms with Crippen LogP contribution in [-0.2, 0) is 0 Å². The predicted molar refractivity (Wildman–Crippen MR) is 125 cm³/mol. The summed E-state index contributed by atoms with van der Waals surface area (Å²) in [6, 6.07) is 19.1. The molecule has 6 nitrogen and oxygen atoms in total. The number of hydrogen-bond donors (Lipinski definition) is 0. The van der Waals surface area contributed by atoms with Crippen molar-refractivity contribution in [1.82, 2.24) is 0 Å². The first-order valence-corrected chi connectivity index (χ1v) is 10.5. The van der Waals surface area contributed by atoms with Crippen LogP contribution in [0.2, 0.25) is 0 Å². The highest BCUT2D eigenvalue weighted by Crippen LogP contribution is 2.32. The molecule has 4 rings (SSSR count). The van der Waals surface area contributed by atoms with Gasteiger partial charge in [-0.25, -0.2) is 4.79 Å². The van der Waals surface area contributed by atoms with Crippen LogP contribution in [0.1, 0.15) is 10.4 Å². The number of Topliss-reactive ketones (excluding diaryl/α,β-unsaturated/α-hetero) is 1. The smallest absolute Gasteiger partial charge is 0.344 e. The van der Waals surface area contributed by atoms with E-state index in [2.05, 4.69) is 15.9 Å². The molecule has 0 saturated heterocycles. The Labute approximate surface area is 192 Å². The standard InChI is InChI=1S/C25H19BrO6/c1-29-22-10-6-16(12-24(22)30-2)20-11-17-5-9-19(13-23(17)32-25(20)28)31-14-21(27)15-3-7-18(26)8-4-15/h3-13H,14H2,1-2H3. The van der Waals surface area contributed by atoms with E-state index in [0.717, 1.165) is 9.86 Å². The van der Waals surface area contributed by atoms with E-state index in [1.54, 1.807) is 73.8 Å². The molecule has 0 fully saturated rings. The van der Waals surface area contributed by atoms with Crippen molar-refractivity contribution < 1.29 is 23.4 Å². The van der Waals surface area contributed by atoms with Crippen molar-refractivity contribution in [2.45, 2.75) is 0 Å². The molecule has 0 spiro atoms. The molecule has 1 heterocycles. The van der Waals surface area contributed by atoms with Crippen molar-refractivity contribution in [1.29, 1.82) is 0 Å². The Morgan fingerprint density at radius 1 is 0.906 bits per heavy atom. The predicted octanol–water partition coefficient (Wildman–Crippen LogP) is 5.50. The molecule has 3 aromatic carbocycles. The van der Waals surface area contributed by atoms with E-state index in [1.165, 1.54) is 7.11 Å². The molecule has 0 radical (unpaired) electrons. The number of methoxy groups -OCH3 is 2. The van der Waals surface area contributed by atoms with Crippen LogP contribution in [0.3, 0.4) is 0 Å². The highest BCUT2D eigenvalue weighted by Gasteiger charge is 2.13. The van der Waals surface area contributed by atoms with Crippen molar-refractivity contribution in [2.24, 2.45) is 0 Å². The van der Waals surface area contributed by atoms with Gasteiger partial charge in [0.2, 0.25) is 0 Å². The summed E-state index contributed by atoms with van der Waals surface area (Å²) in [6.07, 6.45) is 0. The zero-order valence-corrected chi connectivity index (χ0v) is 19.0. The lowest BCUT2D eigenvalue weighted by Crippen LogP contribution is -2.11. The Kier molecular flexibility index (Phi) is 6.28. The van der Waals surface area contributed by atoms with Crippen LogP contribution in [0.15, 0.2) is 80.4 Å². The van der Waals surface area contributed by atoms with Gasteiger partial charge in [-0.05, 0) is 48.0 Å². The largest absolute Gasteiger partial charge is 0.493 e. The molecular formula is C25H19BrO6. The molecule has 4 aromatic rings. The maximum absolute atomic E-state index is 12.6. The van der Waals surface area contributed by atoms with Gasteiger partial charge in [0.15, 0.2) is 23.9 Å². The number of halogens is 1. The highest BCUT2D eigenvalue weighted by molar-refractivity contribution is 9.10. The number of hydrogen-bond acceptors (Lipinski definition) is 6. The lowest BCUT2D eigenvalue weighted by atomic mass is 10.1. The summed E-state index contributed by atoms with van der Waals surface area (Å²) in [4.78, 5) is 25.0. The Morgan fingerprint density at radius 2 is 1.66 bits per heavy atom. The molecule has 0 bridgehead atoms. The second kappa shape index (κ2) is 9.28. The van der Waals surface area contributed by atoms with Crippen LogP contribution in [0.4, 0.5) is 0 Å². The Hall–Kier alpha value is -3.58. The molecule has 0 aliphatic rings. The Morgan fingerprint density at radius 3 is 2.38 bits per heavy atom. The molecule has 0 unspecified atom stereocenters. The van der Waals surface area contributed by atoms with Crippen LogP contribution < -0.4 is 19.8 Å². The van der Waals surface area contributed by atoms with E-state index < -0.39 is 5.63 Å². The van der Waals surface area contributed by atoms with Crippen LogP contribution in [0, 0.1) is 0 Å².